The first-order valence-electron chi connectivity index (χ1n) is 22.2. The van der Waals surface area contributed by atoms with Gasteiger partial charge in [-0.15, -0.1) is 0 Å². The van der Waals surface area contributed by atoms with E-state index in [1.54, 1.807) is 0 Å². The molecule has 2 aliphatic heterocycles. The lowest BCUT2D eigenvalue weighted by molar-refractivity contribution is -0.147. The molecule has 1 N–H and O–H groups in total. The van der Waals surface area contributed by atoms with Crippen molar-refractivity contribution in [2.24, 2.45) is 45.3 Å². The summed E-state index contributed by atoms with van der Waals surface area (Å²) in [5, 5.41) is 3.24. The maximum absolute atomic E-state index is 15.2. The molecular weight excluding hydrogens is 691 g/mol. The van der Waals surface area contributed by atoms with Crippen LogP contribution in [-0.2, 0) is 28.8 Å². The summed E-state index contributed by atoms with van der Waals surface area (Å²) in [6, 6.07) is -1.60. The first-order valence-corrected chi connectivity index (χ1v) is 22.2. The Kier molecular flexibility index (Phi) is 11.8. The van der Waals surface area contributed by atoms with E-state index in [1.165, 1.54) is 0 Å². The van der Waals surface area contributed by atoms with E-state index < -0.39 is 35.1 Å². The van der Waals surface area contributed by atoms with Gasteiger partial charge >= 0.3 is 0 Å². The van der Waals surface area contributed by atoms with Crippen molar-refractivity contribution in [3.8, 4) is 0 Å². The van der Waals surface area contributed by atoms with E-state index in [-0.39, 0.29) is 82.2 Å². The molecule has 2 saturated heterocycles. The fraction of sp³-hybridized carbons (Fsp3) is 0.870. The molecule has 0 aromatic heterocycles. The Morgan fingerprint density at radius 1 is 0.800 bits per heavy atom. The van der Waals surface area contributed by atoms with Gasteiger partial charge in [0.2, 0.25) is 17.6 Å². The zero-order valence-electron chi connectivity index (χ0n) is 35.8. The number of amides is 2. The Morgan fingerprint density at radius 2 is 1.45 bits per heavy atom. The molecule has 2 unspecified atom stereocenters. The van der Waals surface area contributed by atoms with Crippen LogP contribution in [0.15, 0.2) is 0 Å². The third-order valence-corrected chi connectivity index (χ3v) is 16.1. The topological polar surface area (TPSA) is 121 Å². The number of carbonyl (C=O) groups is 6. The maximum Gasteiger partial charge on any atom is 0.238 e. The van der Waals surface area contributed by atoms with Crippen LogP contribution in [0.1, 0.15) is 171 Å². The summed E-state index contributed by atoms with van der Waals surface area (Å²) in [6.07, 6.45) is 13.0. The molecular formula is C46H73N3O6. The van der Waals surface area contributed by atoms with Crippen LogP contribution in [0, 0.1) is 45.3 Å². The molecule has 6 fully saturated rings. The molecule has 0 aromatic rings. The monoisotopic (exact) mass is 764 g/mol. The lowest BCUT2D eigenvalue weighted by Gasteiger charge is -2.49. The minimum absolute atomic E-state index is 0.00297. The molecule has 308 valence electrons. The molecule has 2 amide bonds. The van der Waals surface area contributed by atoms with E-state index >= 15 is 4.79 Å². The Balaban J connectivity index is 1.25. The Hall–Kier alpha value is -2.42. The van der Waals surface area contributed by atoms with Crippen LogP contribution in [0.5, 0.6) is 0 Å². The van der Waals surface area contributed by atoms with Crippen molar-refractivity contribution >= 4 is 34.9 Å². The summed E-state index contributed by atoms with van der Waals surface area (Å²) >= 11 is 0. The van der Waals surface area contributed by atoms with E-state index in [1.807, 2.05) is 32.6 Å². The van der Waals surface area contributed by atoms with Crippen LogP contribution in [0.25, 0.3) is 0 Å². The van der Waals surface area contributed by atoms with Crippen molar-refractivity contribution in [2.45, 2.75) is 195 Å². The van der Waals surface area contributed by atoms with Gasteiger partial charge in [-0.05, 0) is 107 Å². The number of nitrogens with zero attached hydrogens (tertiary/aromatic N) is 2. The van der Waals surface area contributed by atoms with Gasteiger partial charge in [-0.1, -0.05) is 73.6 Å². The van der Waals surface area contributed by atoms with Gasteiger partial charge in [0.15, 0.2) is 17.3 Å². The van der Waals surface area contributed by atoms with Gasteiger partial charge < -0.3 is 10.2 Å². The van der Waals surface area contributed by atoms with Crippen LogP contribution in [0.4, 0.5) is 0 Å². The second-order valence-corrected chi connectivity index (χ2v) is 21.6. The number of Topliss-reactive ketones (excluding diaryl/α,β-unsaturated/α-hetero) is 4. The van der Waals surface area contributed by atoms with Crippen LogP contribution < -0.4 is 5.32 Å². The summed E-state index contributed by atoms with van der Waals surface area (Å²) in [6.45, 7) is 20.3. The lowest BCUT2D eigenvalue weighted by atomic mass is 9.73. The second kappa shape index (κ2) is 15.4. The molecule has 55 heavy (non-hydrogen) atoms. The number of ketones is 4. The summed E-state index contributed by atoms with van der Waals surface area (Å²) in [7, 11) is 0. The summed E-state index contributed by atoms with van der Waals surface area (Å²) < 4.78 is 0. The van der Waals surface area contributed by atoms with Gasteiger partial charge in [0.1, 0.15) is 0 Å². The second-order valence-electron chi connectivity index (χ2n) is 21.6. The van der Waals surface area contributed by atoms with Gasteiger partial charge in [0.05, 0.1) is 18.1 Å². The third-order valence-electron chi connectivity index (χ3n) is 16.1. The molecule has 9 heteroatoms. The van der Waals surface area contributed by atoms with Crippen LogP contribution >= 0.6 is 0 Å². The molecule has 6 atom stereocenters. The van der Waals surface area contributed by atoms with Crippen LogP contribution in [0.3, 0.4) is 0 Å². The van der Waals surface area contributed by atoms with E-state index in [4.69, 9.17) is 0 Å². The Bertz CT molecular complexity index is 1520. The molecule has 2 spiro atoms. The molecule has 0 aromatic carbocycles. The number of likely N-dealkylation sites (tertiary alicyclic amines) is 2. The molecule has 9 nitrogen and oxygen atoms in total. The van der Waals surface area contributed by atoms with Crippen molar-refractivity contribution in [1.29, 1.82) is 0 Å². The van der Waals surface area contributed by atoms with E-state index in [0.29, 0.717) is 31.7 Å². The zero-order chi connectivity index (χ0) is 40.3. The third kappa shape index (κ3) is 7.79. The number of hydrogen-bond acceptors (Lipinski definition) is 7. The van der Waals surface area contributed by atoms with Crippen molar-refractivity contribution in [2.75, 3.05) is 13.1 Å². The minimum Gasteiger partial charge on any atom is -0.345 e. The van der Waals surface area contributed by atoms with Gasteiger partial charge in [0, 0.05) is 55.1 Å². The van der Waals surface area contributed by atoms with Crippen molar-refractivity contribution < 1.29 is 28.8 Å². The predicted molar refractivity (Wildman–Crippen MR) is 214 cm³/mol. The normalized spacial score (nSPS) is 29.2. The summed E-state index contributed by atoms with van der Waals surface area (Å²) in [4.78, 5) is 88.8. The first-order chi connectivity index (χ1) is 25.7. The SMILES string of the molecule is CCCC(CC(=O)[C@@H]1C[C@@]2(CN1C(=O)[C@@H](CC(=O)[C@@H](NC(=O)C1CCN1C(C)(C)C)C1CCCCC1)C(C)(C)C)C(C)(C)C21CCC1)C(=O)C(=O)CC1CC1. The quantitative estimate of drug-likeness (QED) is 0.160. The Morgan fingerprint density at radius 3 is 1.95 bits per heavy atom. The molecule has 4 aliphatic carbocycles. The molecule has 0 radical (unpaired) electrons. The number of carbonyl (C=O) groups excluding carboxylic acids is 6. The summed E-state index contributed by atoms with van der Waals surface area (Å²) in [5.41, 5.74) is -0.862. The zero-order valence-corrected chi connectivity index (χ0v) is 35.8. The lowest BCUT2D eigenvalue weighted by Crippen LogP contribution is -2.64. The van der Waals surface area contributed by atoms with Crippen LogP contribution in [0.2, 0.25) is 0 Å². The number of hydrogen-bond donors (Lipinski definition) is 1. The van der Waals surface area contributed by atoms with Crippen molar-refractivity contribution in [3.63, 3.8) is 0 Å². The van der Waals surface area contributed by atoms with Crippen molar-refractivity contribution in [1.82, 2.24) is 15.1 Å². The van der Waals surface area contributed by atoms with E-state index in [9.17, 15) is 24.0 Å². The Labute approximate surface area is 331 Å². The largest absolute Gasteiger partial charge is 0.345 e. The minimum atomic E-state index is -0.687. The smallest absolute Gasteiger partial charge is 0.238 e. The highest BCUT2D eigenvalue weighted by Crippen LogP contribution is 2.88. The average Bonchev–Trinajstić information content (AvgIpc) is 3.88. The van der Waals surface area contributed by atoms with Gasteiger partial charge in [0.25, 0.3) is 0 Å². The molecule has 6 rings (SSSR count). The molecule has 0 bridgehead atoms. The van der Waals surface area contributed by atoms with Crippen LogP contribution in [-0.4, -0.2) is 81.5 Å². The highest BCUT2D eigenvalue weighted by Gasteiger charge is 2.85. The highest BCUT2D eigenvalue weighted by molar-refractivity contribution is 6.38. The predicted octanol–water partition coefficient (Wildman–Crippen LogP) is 7.66. The van der Waals surface area contributed by atoms with Gasteiger partial charge in [-0.3, -0.25) is 33.7 Å². The average molecular weight is 764 g/mol. The molecule has 2 heterocycles. The summed E-state index contributed by atoms with van der Waals surface area (Å²) in [5.74, 6) is -2.25. The maximum atomic E-state index is 15.2. The molecule has 4 saturated carbocycles. The highest BCUT2D eigenvalue weighted by atomic mass is 16.2. The van der Waals surface area contributed by atoms with Crippen molar-refractivity contribution in [3.05, 3.63) is 0 Å². The van der Waals surface area contributed by atoms with E-state index in [0.717, 1.165) is 77.2 Å². The fourth-order valence-electron chi connectivity index (χ4n) is 12.0. The first kappa shape index (κ1) is 42.2. The molecule has 6 aliphatic rings. The standard InChI is InChI=1S/C46H73N3O6/c1-10-15-31(39(53)37(52)24-29-18-19-29)25-35(50)34-27-46(44(8,9)45(46)21-14-22-45)28-48(34)41(55)32(42(2,3)4)26-36(51)38(30-16-12-11-13-17-30)47-40(54)33-20-23-49(33)43(5,6)7/h29-34,38H,10-28H2,1-9H3,(H,47,54)/t31?,32-,33?,34+,38+,46-/m1/s1. The van der Waals surface area contributed by atoms with E-state index in [2.05, 4.69) is 44.8 Å². The number of rotatable bonds is 16. The number of nitrogens with one attached hydrogen (secondary N) is 1. The number of fused-ring (bicyclic) bond motifs is 1. The van der Waals surface area contributed by atoms with Gasteiger partial charge in [-0.2, -0.15) is 0 Å². The fourth-order valence-corrected chi connectivity index (χ4v) is 12.0. The van der Waals surface area contributed by atoms with Gasteiger partial charge in [-0.25, -0.2) is 0 Å².